The van der Waals surface area contributed by atoms with Gasteiger partial charge in [0.25, 0.3) is 0 Å². The van der Waals surface area contributed by atoms with Crippen molar-refractivity contribution in [1.29, 1.82) is 0 Å². The quantitative estimate of drug-likeness (QED) is 0.605. The topological polar surface area (TPSA) is 37.3 Å². The number of carboxylic acids is 1. The minimum absolute atomic E-state index is 0.145. The van der Waals surface area contributed by atoms with Gasteiger partial charge in [-0.15, -0.1) is 0 Å². The largest absolute Gasteiger partial charge is 0.481 e. The molecule has 1 radical (unpaired) electrons. The van der Waals surface area contributed by atoms with Crippen LogP contribution in [0, 0.1) is 11.8 Å². The minimum Gasteiger partial charge on any atom is -0.481 e. The molecule has 0 spiro atoms. The summed E-state index contributed by atoms with van der Waals surface area (Å²) < 4.78 is 0. The highest BCUT2D eigenvalue weighted by Crippen LogP contribution is 2.30. The van der Waals surface area contributed by atoms with Crippen LogP contribution in [0.4, 0.5) is 0 Å². The molecular weight excluding hydrogens is 128 g/mol. The van der Waals surface area contributed by atoms with Gasteiger partial charge in [0.15, 0.2) is 0 Å². The average molecular weight is 141 g/mol. The fourth-order valence-corrected chi connectivity index (χ4v) is 1.51. The van der Waals surface area contributed by atoms with Crippen molar-refractivity contribution < 1.29 is 9.90 Å². The van der Waals surface area contributed by atoms with E-state index in [2.05, 4.69) is 0 Å². The summed E-state index contributed by atoms with van der Waals surface area (Å²) >= 11 is 0. The van der Waals surface area contributed by atoms with Gasteiger partial charge in [0.2, 0.25) is 0 Å². The van der Waals surface area contributed by atoms with Crippen LogP contribution in [-0.4, -0.2) is 11.1 Å². The second-order valence-corrected chi connectivity index (χ2v) is 2.98. The third-order valence-corrected chi connectivity index (χ3v) is 2.21. The molecule has 0 aromatic carbocycles. The van der Waals surface area contributed by atoms with Gasteiger partial charge in [-0.3, -0.25) is 4.79 Å². The lowest BCUT2D eigenvalue weighted by Gasteiger charge is -2.24. The third kappa shape index (κ3) is 1.49. The molecule has 57 valence electrons. The maximum Gasteiger partial charge on any atom is 0.307 e. The maximum absolute atomic E-state index is 10.5. The first-order valence-electron chi connectivity index (χ1n) is 3.77. The van der Waals surface area contributed by atoms with Gasteiger partial charge < -0.3 is 5.11 Å². The van der Waals surface area contributed by atoms with Crippen LogP contribution < -0.4 is 0 Å². The Labute approximate surface area is 61.2 Å². The standard InChI is InChI=1S/C8H13O2/c1-6-4-2-3-5-7(6)8(9)10/h7H,2-5H2,1H3,(H,9,10). The monoisotopic (exact) mass is 141 g/mol. The lowest BCUT2D eigenvalue weighted by Crippen LogP contribution is -2.23. The normalized spacial score (nSPS) is 28.3. The fourth-order valence-electron chi connectivity index (χ4n) is 1.51. The Balaban J connectivity index is 2.47. The summed E-state index contributed by atoms with van der Waals surface area (Å²) in [4.78, 5) is 10.5. The van der Waals surface area contributed by atoms with Gasteiger partial charge in [0.05, 0.1) is 5.92 Å². The van der Waals surface area contributed by atoms with Crippen LogP contribution in [0.2, 0.25) is 0 Å². The summed E-state index contributed by atoms with van der Waals surface area (Å²) in [6.45, 7) is 1.96. The van der Waals surface area contributed by atoms with Gasteiger partial charge in [0, 0.05) is 0 Å². The van der Waals surface area contributed by atoms with E-state index in [0.29, 0.717) is 0 Å². The van der Waals surface area contributed by atoms with Crippen LogP contribution in [0.3, 0.4) is 0 Å². The summed E-state index contributed by atoms with van der Waals surface area (Å²) in [5.74, 6) is 0.365. The van der Waals surface area contributed by atoms with Gasteiger partial charge in [-0.1, -0.05) is 19.8 Å². The summed E-state index contributed by atoms with van der Waals surface area (Å²) in [6, 6.07) is 0. The molecule has 1 atom stereocenters. The number of aliphatic carboxylic acids is 1. The smallest absolute Gasteiger partial charge is 0.307 e. The molecule has 2 heteroatoms. The zero-order chi connectivity index (χ0) is 7.56. The molecule has 1 rings (SSSR count). The van der Waals surface area contributed by atoms with Crippen molar-refractivity contribution in [3.63, 3.8) is 0 Å². The molecule has 0 heterocycles. The zero-order valence-corrected chi connectivity index (χ0v) is 6.26. The predicted octanol–water partition coefficient (Wildman–Crippen LogP) is 1.86. The first kappa shape index (κ1) is 7.58. The van der Waals surface area contributed by atoms with Crippen LogP contribution in [0.25, 0.3) is 0 Å². The molecule has 0 saturated heterocycles. The van der Waals surface area contributed by atoms with Crippen LogP contribution in [0.15, 0.2) is 0 Å². The van der Waals surface area contributed by atoms with Crippen molar-refractivity contribution in [1.82, 2.24) is 0 Å². The molecule has 2 nitrogen and oxygen atoms in total. The second kappa shape index (κ2) is 3.04. The van der Waals surface area contributed by atoms with Crippen molar-refractivity contribution >= 4 is 5.97 Å². The van der Waals surface area contributed by atoms with E-state index >= 15 is 0 Å². The van der Waals surface area contributed by atoms with E-state index in [-0.39, 0.29) is 5.92 Å². The minimum atomic E-state index is -0.641. The Morgan fingerprint density at radius 1 is 1.60 bits per heavy atom. The Bertz CT molecular complexity index is 131. The SMILES string of the molecule is C[C]1CCCCC1C(=O)O. The number of rotatable bonds is 1. The highest BCUT2D eigenvalue weighted by molar-refractivity contribution is 5.72. The first-order chi connectivity index (χ1) is 4.72. The predicted molar refractivity (Wildman–Crippen MR) is 38.5 cm³/mol. The molecule has 0 amide bonds. The fraction of sp³-hybridized carbons (Fsp3) is 0.750. The highest BCUT2D eigenvalue weighted by atomic mass is 16.4. The van der Waals surface area contributed by atoms with Gasteiger partial charge in [-0.2, -0.15) is 0 Å². The van der Waals surface area contributed by atoms with E-state index in [1.54, 1.807) is 0 Å². The summed E-state index contributed by atoms with van der Waals surface area (Å²) in [5.41, 5.74) is 0. The van der Waals surface area contributed by atoms with E-state index in [0.717, 1.165) is 25.2 Å². The van der Waals surface area contributed by atoms with Crippen molar-refractivity contribution in [2.24, 2.45) is 5.92 Å². The first-order valence-corrected chi connectivity index (χ1v) is 3.77. The van der Waals surface area contributed by atoms with Gasteiger partial charge in [-0.25, -0.2) is 0 Å². The van der Waals surface area contributed by atoms with Crippen molar-refractivity contribution in [3.8, 4) is 0 Å². The third-order valence-electron chi connectivity index (χ3n) is 2.21. The molecule has 1 unspecified atom stereocenters. The maximum atomic E-state index is 10.5. The molecule has 0 aromatic rings. The van der Waals surface area contributed by atoms with Crippen LogP contribution >= 0.6 is 0 Å². The number of hydrogen-bond donors (Lipinski definition) is 1. The lowest BCUT2D eigenvalue weighted by molar-refractivity contribution is -0.141. The summed E-state index contributed by atoms with van der Waals surface area (Å²) in [6.07, 6.45) is 4.11. The van der Waals surface area contributed by atoms with E-state index in [1.807, 2.05) is 6.92 Å². The Morgan fingerprint density at radius 2 is 2.30 bits per heavy atom. The van der Waals surface area contributed by atoms with Gasteiger partial charge in [-0.05, 0) is 18.8 Å². The average Bonchev–Trinajstić information content (AvgIpc) is 1.88. The van der Waals surface area contributed by atoms with Gasteiger partial charge in [0.1, 0.15) is 0 Å². The van der Waals surface area contributed by atoms with Crippen LogP contribution in [0.5, 0.6) is 0 Å². The van der Waals surface area contributed by atoms with E-state index < -0.39 is 5.97 Å². The summed E-state index contributed by atoms with van der Waals surface area (Å²) in [5, 5.41) is 8.69. The van der Waals surface area contributed by atoms with Gasteiger partial charge >= 0.3 is 5.97 Å². The molecule has 1 fully saturated rings. The molecule has 10 heavy (non-hydrogen) atoms. The molecular formula is C8H13O2. The lowest BCUT2D eigenvalue weighted by atomic mass is 9.81. The zero-order valence-electron chi connectivity index (χ0n) is 6.26. The van der Waals surface area contributed by atoms with Crippen molar-refractivity contribution in [2.45, 2.75) is 32.6 Å². The van der Waals surface area contributed by atoms with Crippen LogP contribution in [0.1, 0.15) is 32.6 Å². The number of hydrogen-bond acceptors (Lipinski definition) is 1. The highest BCUT2D eigenvalue weighted by Gasteiger charge is 2.27. The van der Waals surface area contributed by atoms with Crippen molar-refractivity contribution in [2.75, 3.05) is 0 Å². The number of carbonyl (C=O) groups is 1. The molecule has 0 bridgehead atoms. The summed E-state index contributed by atoms with van der Waals surface area (Å²) in [7, 11) is 0. The second-order valence-electron chi connectivity index (χ2n) is 2.98. The Morgan fingerprint density at radius 3 is 2.70 bits per heavy atom. The Kier molecular flexibility index (Phi) is 2.30. The van der Waals surface area contributed by atoms with Crippen LogP contribution in [-0.2, 0) is 4.79 Å². The van der Waals surface area contributed by atoms with Crippen molar-refractivity contribution in [3.05, 3.63) is 5.92 Å². The van der Waals surface area contributed by atoms with E-state index in [1.165, 1.54) is 6.42 Å². The molecule has 1 aliphatic rings. The van der Waals surface area contributed by atoms with E-state index in [9.17, 15) is 4.79 Å². The molecule has 0 aromatic heterocycles. The Hall–Kier alpha value is -0.530. The molecule has 1 saturated carbocycles. The molecule has 1 N–H and O–H groups in total. The molecule has 0 aliphatic heterocycles. The van der Waals surface area contributed by atoms with E-state index in [4.69, 9.17) is 5.11 Å². The molecule has 1 aliphatic carbocycles. The number of carboxylic acid groups (broad SMARTS) is 1.